The number of aryl methyl sites for hydroxylation is 1. The molecule has 1 aliphatic heterocycles. The lowest BCUT2D eigenvalue weighted by Crippen LogP contribution is -2.29. The van der Waals surface area contributed by atoms with E-state index in [1.165, 1.54) is 28.0 Å². The van der Waals surface area contributed by atoms with Crippen molar-refractivity contribution in [1.29, 1.82) is 0 Å². The Labute approximate surface area is 283 Å². The molecule has 1 saturated heterocycles. The van der Waals surface area contributed by atoms with Crippen LogP contribution in [0.5, 0.6) is 5.75 Å². The van der Waals surface area contributed by atoms with Gasteiger partial charge in [-0.3, -0.25) is 18.9 Å². The van der Waals surface area contributed by atoms with Crippen LogP contribution >= 0.6 is 46.3 Å². The molecule has 13 heteroatoms. The number of rotatable bonds is 11. The third kappa shape index (κ3) is 6.37. The normalized spacial score (nSPS) is 16.1. The van der Waals surface area contributed by atoms with Gasteiger partial charge in [-0.1, -0.05) is 90.3 Å². The lowest BCUT2D eigenvalue weighted by Gasteiger charge is -2.22. The number of amides is 1. The molecule has 1 atom stereocenters. The topological polar surface area (TPSA) is 110 Å². The summed E-state index contributed by atoms with van der Waals surface area (Å²) in [7, 11) is 0. The summed E-state index contributed by atoms with van der Waals surface area (Å²) in [6, 6.07) is 17.0. The molecule has 1 unspecified atom stereocenters. The average molecular weight is 695 g/mol. The highest BCUT2D eigenvalue weighted by Crippen LogP contribution is 2.45. The first-order chi connectivity index (χ1) is 22.3. The molecule has 0 bridgehead atoms. The highest BCUT2D eigenvalue weighted by molar-refractivity contribution is 8.00. The predicted octanol–water partition coefficient (Wildman–Crippen LogP) is 8.29. The minimum Gasteiger partial charge on any atom is -0.505 e. The highest BCUT2D eigenvalue weighted by Gasteiger charge is 2.49. The highest BCUT2D eigenvalue weighted by atomic mass is 35.5. The first-order valence-corrected chi connectivity index (χ1v) is 17.2. The van der Waals surface area contributed by atoms with Gasteiger partial charge in [0.25, 0.3) is 5.78 Å². The number of nitrogens with zero attached hydrogens (tertiary/aromatic N) is 5. The lowest BCUT2D eigenvalue weighted by atomic mass is 9.96. The third-order valence-corrected chi connectivity index (χ3v) is 10.2. The first kappa shape index (κ1) is 32.1. The van der Waals surface area contributed by atoms with Crippen LogP contribution in [0.4, 0.5) is 5.13 Å². The zero-order valence-electron chi connectivity index (χ0n) is 24.9. The van der Waals surface area contributed by atoms with Crippen molar-refractivity contribution < 1.29 is 19.4 Å². The van der Waals surface area contributed by atoms with Gasteiger partial charge in [0.1, 0.15) is 17.1 Å². The number of ether oxygens (including phenoxy) is 1. The number of Topliss-reactive ketones (excluding diaryl/α,β-unsaturated/α-hetero) is 1. The van der Waals surface area contributed by atoms with Crippen LogP contribution in [0, 0.1) is 6.92 Å². The Morgan fingerprint density at radius 2 is 1.87 bits per heavy atom. The van der Waals surface area contributed by atoms with E-state index >= 15 is 0 Å². The maximum absolute atomic E-state index is 13.8. The maximum atomic E-state index is 13.8. The van der Waals surface area contributed by atoms with Gasteiger partial charge in [-0.15, -0.1) is 10.2 Å². The molecule has 2 aromatic carbocycles. The number of aliphatic hydroxyl groups excluding tert-OH is 1. The van der Waals surface area contributed by atoms with Crippen LogP contribution in [0.2, 0.25) is 10.0 Å². The van der Waals surface area contributed by atoms with E-state index in [4.69, 9.17) is 27.9 Å². The number of fused-ring (bicyclic) bond motifs is 1. The first-order valence-electron chi connectivity index (χ1n) is 14.6. The number of imidazole rings is 1. The predicted molar refractivity (Wildman–Crippen MR) is 182 cm³/mol. The van der Waals surface area contributed by atoms with Crippen molar-refractivity contribution in [1.82, 2.24) is 19.6 Å². The van der Waals surface area contributed by atoms with E-state index in [0.29, 0.717) is 55.1 Å². The second kappa shape index (κ2) is 13.8. The van der Waals surface area contributed by atoms with Crippen molar-refractivity contribution in [3.63, 3.8) is 0 Å². The van der Waals surface area contributed by atoms with Gasteiger partial charge in [0.05, 0.1) is 23.9 Å². The number of aromatic nitrogens is 4. The van der Waals surface area contributed by atoms with Crippen molar-refractivity contribution in [3.05, 3.63) is 105 Å². The molecular formula is C33H29Cl2N5O4S2. The smallest absolute Gasteiger partial charge is 0.301 e. The van der Waals surface area contributed by atoms with Crippen LogP contribution < -0.4 is 9.64 Å². The molecular weight excluding hydrogens is 665 g/mol. The molecule has 3 aromatic heterocycles. The quantitative estimate of drug-likeness (QED) is 0.0368. The number of benzene rings is 2. The Morgan fingerprint density at radius 1 is 1.07 bits per heavy atom. The Morgan fingerprint density at radius 3 is 2.63 bits per heavy atom. The summed E-state index contributed by atoms with van der Waals surface area (Å²) in [6.07, 6.45) is 4.86. The lowest BCUT2D eigenvalue weighted by molar-refractivity contribution is -0.132. The average Bonchev–Trinajstić information content (AvgIpc) is 3.72. The van der Waals surface area contributed by atoms with E-state index in [-0.39, 0.29) is 16.5 Å². The number of hydrogen-bond acceptors (Lipinski definition) is 9. The van der Waals surface area contributed by atoms with E-state index in [9.17, 15) is 14.7 Å². The number of halogens is 2. The monoisotopic (exact) mass is 693 g/mol. The molecule has 5 aromatic rings. The summed E-state index contributed by atoms with van der Waals surface area (Å²) < 4.78 is 8.18. The molecule has 46 heavy (non-hydrogen) atoms. The van der Waals surface area contributed by atoms with Gasteiger partial charge >= 0.3 is 5.91 Å². The molecule has 0 saturated carbocycles. The van der Waals surface area contributed by atoms with Gasteiger partial charge in [0.2, 0.25) is 5.13 Å². The second-order valence-corrected chi connectivity index (χ2v) is 13.7. The zero-order chi connectivity index (χ0) is 32.4. The molecule has 0 radical (unpaired) electrons. The third-order valence-electron chi connectivity index (χ3n) is 7.55. The van der Waals surface area contributed by atoms with E-state index in [0.717, 1.165) is 24.8 Å². The van der Waals surface area contributed by atoms with Crippen LogP contribution in [0.25, 0.3) is 11.4 Å². The number of aliphatic hydroxyl groups is 1. The molecule has 1 N–H and O–H groups in total. The van der Waals surface area contributed by atoms with Gasteiger partial charge in [-0.05, 0) is 60.9 Å². The number of carbonyl (C=O) groups is 2. The van der Waals surface area contributed by atoms with Crippen LogP contribution in [0.1, 0.15) is 54.7 Å². The summed E-state index contributed by atoms with van der Waals surface area (Å²) in [4.78, 5) is 33.4. The van der Waals surface area contributed by atoms with Crippen LogP contribution in [-0.2, 0) is 15.3 Å². The molecule has 4 heterocycles. The molecule has 9 nitrogen and oxygen atoms in total. The molecule has 0 spiro atoms. The molecule has 236 valence electrons. The minimum atomic E-state index is -0.973. The van der Waals surface area contributed by atoms with Crippen molar-refractivity contribution in [2.75, 3.05) is 11.5 Å². The summed E-state index contributed by atoms with van der Waals surface area (Å²) >= 11 is 15.0. The Kier molecular flexibility index (Phi) is 9.65. The Bertz CT molecular complexity index is 1960. The standard InChI is InChI=1S/C33H29Cl2N5O4S2/c1-3-4-7-16-44-23-13-10-20(11-14-23)28-26(29(41)27-19(2)36-25-8-5-6-15-39(25)27)30(42)31(43)40(28)32-37-38-33(46-32)45-18-21-9-12-22(34)17-24(21)35/h5-6,8-15,17,28,41H,3-4,7,16,18H2,1-2H3. The number of anilines is 1. The molecule has 1 amide bonds. The Hall–Kier alpha value is -3.90. The van der Waals surface area contributed by atoms with Crippen LogP contribution in [0.3, 0.4) is 0 Å². The summed E-state index contributed by atoms with van der Waals surface area (Å²) in [6.45, 7) is 4.47. The van der Waals surface area contributed by atoms with Gasteiger partial charge < -0.3 is 9.84 Å². The number of carbonyl (C=O) groups excluding carboxylic acids is 2. The summed E-state index contributed by atoms with van der Waals surface area (Å²) in [5.74, 6) is -0.792. The van der Waals surface area contributed by atoms with Crippen molar-refractivity contribution in [3.8, 4) is 5.75 Å². The number of ketones is 1. The van der Waals surface area contributed by atoms with Crippen LogP contribution in [-0.4, -0.2) is 43.0 Å². The fourth-order valence-electron chi connectivity index (χ4n) is 5.30. The number of hydrogen-bond donors (Lipinski definition) is 1. The Balaban J connectivity index is 1.38. The summed E-state index contributed by atoms with van der Waals surface area (Å²) in [5, 5.41) is 21.7. The van der Waals surface area contributed by atoms with E-state index in [1.54, 1.807) is 66.1 Å². The van der Waals surface area contributed by atoms with Gasteiger partial charge in [-0.2, -0.15) is 0 Å². The van der Waals surface area contributed by atoms with Crippen molar-refractivity contribution in [2.24, 2.45) is 0 Å². The fraction of sp³-hybridized carbons (Fsp3) is 0.242. The minimum absolute atomic E-state index is 0.0623. The molecule has 6 rings (SSSR count). The van der Waals surface area contributed by atoms with Crippen molar-refractivity contribution in [2.45, 2.75) is 49.2 Å². The number of thioether (sulfide) groups is 1. The second-order valence-electron chi connectivity index (χ2n) is 10.6. The van der Waals surface area contributed by atoms with E-state index in [1.807, 2.05) is 12.1 Å². The van der Waals surface area contributed by atoms with Gasteiger partial charge in [0, 0.05) is 22.0 Å². The van der Waals surface area contributed by atoms with E-state index < -0.39 is 17.7 Å². The fourth-order valence-corrected chi connectivity index (χ4v) is 7.72. The zero-order valence-corrected chi connectivity index (χ0v) is 28.1. The van der Waals surface area contributed by atoms with Crippen LogP contribution in [0.15, 0.2) is 76.8 Å². The SMILES string of the molecule is CCCCCOc1ccc(C2C(=C(O)c3c(C)nc4ccccn34)C(=O)C(=O)N2c2nnc(SCc3ccc(Cl)cc3Cl)s2)cc1. The molecule has 0 aliphatic carbocycles. The molecule has 1 fully saturated rings. The van der Waals surface area contributed by atoms with Gasteiger partial charge in [0.15, 0.2) is 10.1 Å². The molecule has 1 aliphatic rings. The largest absolute Gasteiger partial charge is 0.505 e. The summed E-state index contributed by atoms with van der Waals surface area (Å²) in [5.41, 5.74) is 2.86. The number of pyridine rings is 1. The number of unbranched alkanes of at least 4 members (excludes halogenated alkanes) is 2. The van der Waals surface area contributed by atoms with E-state index in [2.05, 4.69) is 22.1 Å². The van der Waals surface area contributed by atoms with Crippen molar-refractivity contribution >= 4 is 74.5 Å². The van der Waals surface area contributed by atoms with Gasteiger partial charge in [-0.25, -0.2) is 4.98 Å². The maximum Gasteiger partial charge on any atom is 0.301 e.